The normalized spacial score (nSPS) is 27.5. The van der Waals surface area contributed by atoms with Gasteiger partial charge in [0.05, 0.1) is 6.61 Å². The number of nitrogen functional groups attached to an aromatic ring is 1. The van der Waals surface area contributed by atoms with Gasteiger partial charge in [-0.05, 0) is 31.0 Å². The highest BCUT2D eigenvalue weighted by Gasteiger charge is 2.66. The lowest BCUT2D eigenvalue weighted by molar-refractivity contribution is 0.0867. The van der Waals surface area contributed by atoms with Crippen molar-refractivity contribution in [2.45, 2.75) is 18.4 Å². The molecule has 1 aromatic rings. The first-order chi connectivity index (χ1) is 10.0. The smallest absolute Gasteiger partial charge is 0.412 e. The van der Waals surface area contributed by atoms with E-state index in [0.717, 1.165) is 24.2 Å². The van der Waals surface area contributed by atoms with Crippen LogP contribution in [-0.4, -0.2) is 30.4 Å². The van der Waals surface area contributed by atoms with Gasteiger partial charge in [0.1, 0.15) is 17.9 Å². The summed E-state index contributed by atoms with van der Waals surface area (Å²) in [7, 11) is 0. The zero-order valence-corrected chi connectivity index (χ0v) is 11.3. The zero-order valence-electron chi connectivity index (χ0n) is 11.3. The van der Waals surface area contributed by atoms with E-state index in [2.05, 4.69) is 10.3 Å². The predicted molar refractivity (Wildman–Crippen MR) is 74.2 cm³/mol. The van der Waals surface area contributed by atoms with Crippen molar-refractivity contribution in [1.82, 2.24) is 5.32 Å². The summed E-state index contributed by atoms with van der Waals surface area (Å²) < 4.78 is 11.3. The second-order valence-electron chi connectivity index (χ2n) is 5.82. The lowest BCUT2D eigenvalue weighted by Crippen LogP contribution is -2.44. The minimum Gasteiger partial charge on any atom is -0.493 e. The molecule has 1 aromatic carbocycles. The monoisotopic (exact) mass is 289 g/mol. The molecule has 3 aliphatic rings. The molecule has 1 fully saturated rings. The van der Waals surface area contributed by atoms with Gasteiger partial charge in [-0.25, -0.2) is 15.1 Å². The Balaban J connectivity index is 1.85. The molecule has 2 heterocycles. The lowest BCUT2D eigenvalue weighted by Gasteiger charge is -2.39. The molecule has 1 saturated carbocycles. The van der Waals surface area contributed by atoms with Crippen molar-refractivity contribution < 1.29 is 19.4 Å². The number of ether oxygens (including phenoxy) is 2. The van der Waals surface area contributed by atoms with E-state index in [-0.39, 0.29) is 11.4 Å². The highest BCUT2D eigenvalue weighted by molar-refractivity contribution is 5.91. The Labute approximate surface area is 120 Å². The SMILES string of the molecule is Nc1ccc2c(c1)C1(COC(NC(=O)O)=N1)C1(CC1)CO2. The maximum atomic E-state index is 10.8. The van der Waals surface area contributed by atoms with E-state index in [0.29, 0.717) is 18.9 Å². The van der Waals surface area contributed by atoms with Crippen LogP contribution in [-0.2, 0) is 10.3 Å². The van der Waals surface area contributed by atoms with Crippen molar-refractivity contribution in [3.8, 4) is 5.75 Å². The molecule has 1 unspecified atom stereocenters. The highest BCUT2D eigenvalue weighted by Crippen LogP contribution is 2.65. The number of carbonyl (C=O) groups is 1. The van der Waals surface area contributed by atoms with Crippen LogP contribution < -0.4 is 15.8 Å². The minimum atomic E-state index is -1.18. The molecule has 7 nitrogen and oxygen atoms in total. The van der Waals surface area contributed by atoms with Gasteiger partial charge in [0.25, 0.3) is 6.02 Å². The summed E-state index contributed by atoms with van der Waals surface area (Å²) in [6.07, 6.45) is 0.776. The Morgan fingerprint density at radius 1 is 1.33 bits per heavy atom. The number of hydrogen-bond acceptors (Lipinski definition) is 5. The number of carboxylic acid groups (broad SMARTS) is 1. The van der Waals surface area contributed by atoms with Crippen LogP contribution in [0.4, 0.5) is 10.5 Å². The summed E-state index contributed by atoms with van der Waals surface area (Å²) in [5, 5.41) is 11.0. The van der Waals surface area contributed by atoms with E-state index in [1.54, 1.807) is 6.07 Å². The van der Waals surface area contributed by atoms with Gasteiger partial charge in [0, 0.05) is 16.7 Å². The van der Waals surface area contributed by atoms with E-state index in [1.165, 1.54) is 0 Å². The molecule has 4 N–H and O–H groups in total. The van der Waals surface area contributed by atoms with Crippen LogP contribution in [0, 0.1) is 5.41 Å². The summed E-state index contributed by atoms with van der Waals surface area (Å²) in [4.78, 5) is 15.4. The number of amides is 1. The van der Waals surface area contributed by atoms with Crippen LogP contribution in [0.25, 0.3) is 0 Å². The fraction of sp³-hybridized carbons (Fsp3) is 0.429. The highest BCUT2D eigenvalue weighted by atomic mass is 16.5. The molecular formula is C14H15N3O4. The Morgan fingerprint density at radius 3 is 2.86 bits per heavy atom. The van der Waals surface area contributed by atoms with Crippen molar-refractivity contribution in [2.75, 3.05) is 18.9 Å². The number of nitrogens with zero attached hydrogens (tertiary/aromatic N) is 1. The van der Waals surface area contributed by atoms with Gasteiger partial charge in [-0.1, -0.05) is 0 Å². The molecule has 21 heavy (non-hydrogen) atoms. The molecule has 0 aromatic heterocycles. The number of nitrogens with one attached hydrogen (secondary N) is 1. The third-order valence-electron chi connectivity index (χ3n) is 4.61. The van der Waals surface area contributed by atoms with E-state index >= 15 is 0 Å². The average Bonchev–Trinajstić information content (AvgIpc) is 3.11. The molecule has 1 atom stereocenters. The molecule has 1 amide bonds. The summed E-state index contributed by atoms with van der Waals surface area (Å²) in [6, 6.07) is 5.52. The first-order valence-corrected chi connectivity index (χ1v) is 6.80. The maximum absolute atomic E-state index is 10.8. The number of benzene rings is 1. The second kappa shape index (κ2) is 3.81. The number of rotatable bonds is 0. The van der Waals surface area contributed by atoms with E-state index in [1.807, 2.05) is 12.1 Å². The van der Waals surface area contributed by atoms with Crippen molar-refractivity contribution in [1.29, 1.82) is 0 Å². The molecule has 2 aliphatic heterocycles. The van der Waals surface area contributed by atoms with Crippen LogP contribution in [0.2, 0.25) is 0 Å². The summed E-state index contributed by atoms with van der Waals surface area (Å²) in [5.41, 5.74) is 6.70. The third kappa shape index (κ3) is 1.60. The molecule has 0 saturated heterocycles. The van der Waals surface area contributed by atoms with Gasteiger partial charge in [-0.2, -0.15) is 0 Å². The summed E-state index contributed by atoms with van der Waals surface area (Å²) >= 11 is 0. The molecular weight excluding hydrogens is 274 g/mol. The fourth-order valence-electron chi connectivity index (χ4n) is 3.30. The minimum absolute atomic E-state index is 0.0454. The van der Waals surface area contributed by atoms with Gasteiger partial charge in [0.2, 0.25) is 0 Å². The van der Waals surface area contributed by atoms with Gasteiger partial charge < -0.3 is 20.3 Å². The van der Waals surface area contributed by atoms with Crippen molar-refractivity contribution in [2.24, 2.45) is 10.4 Å². The predicted octanol–water partition coefficient (Wildman–Crippen LogP) is 1.29. The number of amidine groups is 1. The topological polar surface area (TPSA) is 106 Å². The average molecular weight is 289 g/mol. The zero-order chi connectivity index (χ0) is 14.7. The standard InChI is InChI=1S/C14H15N3O4/c15-8-1-2-10-9(5-8)14(13(3-4-13)6-20-10)7-21-11(17-14)16-12(18)19/h1-2,5H,3-4,6-7,15H2,(H,16,17)(H,18,19). The lowest BCUT2D eigenvalue weighted by atomic mass is 9.74. The van der Waals surface area contributed by atoms with Gasteiger partial charge >= 0.3 is 6.09 Å². The Kier molecular flexibility index (Phi) is 2.23. The van der Waals surface area contributed by atoms with Crippen molar-refractivity contribution in [3.63, 3.8) is 0 Å². The van der Waals surface area contributed by atoms with Crippen molar-refractivity contribution >= 4 is 17.8 Å². The number of anilines is 1. The largest absolute Gasteiger partial charge is 0.493 e. The maximum Gasteiger partial charge on any atom is 0.412 e. The van der Waals surface area contributed by atoms with Crippen LogP contribution in [0.5, 0.6) is 5.75 Å². The Morgan fingerprint density at radius 2 is 2.14 bits per heavy atom. The van der Waals surface area contributed by atoms with Crippen LogP contribution in [0.3, 0.4) is 0 Å². The van der Waals surface area contributed by atoms with Crippen LogP contribution in [0.1, 0.15) is 18.4 Å². The molecule has 1 aliphatic carbocycles. The van der Waals surface area contributed by atoms with Gasteiger partial charge in [0.15, 0.2) is 0 Å². The quantitative estimate of drug-likeness (QED) is 0.624. The Hall–Kier alpha value is -2.44. The first-order valence-electron chi connectivity index (χ1n) is 6.80. The van der Waals surface area contributed by atoms with Crippen LogP contribution >= 0.6 is 0 Å². The fourth-order valence-corrected chi connectivity index (χ4v) is 3.30. The van der Waals surface area contributed by atoms with Gasteiger partial charge in [-0.3, -0.25) is 0 Å². The number of nitrogens with two attached hydrogens (primary N) is 1. The number of hydrogen-bond donors (Lipinski definition) is 3. The summed E-state index contributed by atoms with van der Waals surface area (Å²) in [5.74, 6) is 0.741. The molecule has 7 heteroatoms. The van der Waals surface area contributed by atoms with E-state index in [9.17, 15) is 4.79 Å². The third-order valence-corrected chi connectivity index (χ3v) is 4.61. The molecule has 4 rings (SSSR count). The molecule has 2 spiro atoms. The van der Waals surface area contributed by atoms with Crippen molar-refractivity contribution in [3.05, 3.63) is 23.8 Å². The molecule has 110 valence electrons. The van der Waals surface area contributed by atoms with E-state index in [4.69, 9.17) is 20.3 Å². The van der Waals surface area contributed by atoms with Gasteiger partial charge in [-0.15, -0.1) is 0 Å². The number of fused-ring (bicyclic) bond motifs is 3. The summed E-state index contributed by atoms with van der Waals surface area (Å²) in [6.45, 7) is 0.875. The molecule has 0 radical (unpaired) electrons. The Bertz CT molecular complexity index is 668. The molecule has 0 bridgehead atoms. The number of aliphatic imine (C=N–C) groups is 1. The van der Waals surface area contributed by atoms with E-state index < -0.39 is 11.6 Å². The van der Waals surface area contributed by atoms with Crippen LogP contribution in [0.15, 0.2) is 23.2 Å². The first kappa shape index (κ1) is 12.3. The second-order valence-corrected chi connectivity index (χ2v) is 5.82.